The van der Waals surface area contributed by atoms with Gasteiger partial charge in [0.25, 0.3) is 0 Å². The van der Waals surface area contributed by atoms with Gasteiger partial charge in [0.1, 0.15) is 11.5 Å². The van der Waals surface area contributed by atoms with Gasteiger partial charge in [0.2, 0.25) is 5.43 Å². The Kier molecular flexibility index (Phi) is 3.65. The lowest BCUT2D eigenvalue weighted by Gasteiger charge is -2.17. The highest BCUT2D eigenvalue weighted by Crippen LogP contribution is 2.30. The van der Waals surface area contributed by atoms with Crippen molar-refractivity contribution in [2.24, 2.45) is 0 Å². The standard InChI is InChI=1S/C21H17NO3/c1-24-15-8-5-7-14(13-15)22-17-10-4-3-9-16(17)21(23)20-18(22)11-6-12-19(20)25-2/h3-13H,1-2H3. The normalized spacial score (nSPS) is 11.0. The van der Waals surface area contributed by atoms with E-state index < -0.39 is 0 Å². The molecule has 0 N–H and O–H groups in total. The molecule has 3 aromatic carbocycles. The first-order chi connectivity index (χ1) is 12.2. The minimum atomic E-state index is -0.0257. The van der Waals surface area contributed by atoms with Crippen LogP contribution in [0.5, 0.6) is 11.5 Å². The predicted molar refractivity (Wildman–Crippen MR) is 100 cm³/mol. The van der Waals surface area contributed by atoms with Crippen molar-refractivity contribution in [3.05, 3.63) is 77.0 Å². The van der Waals surface area contributed by atoms with E-state index >= 15 is 0 Å². The van der Waals surface area contributed by atoms with Crippen LogP contribution < -0.4 is 14.9 Å². The minimum absolute atomic E-state index is 0.0257. The molecular weight excluding hydrogens is 314 g/mol. The Morgan fingerprint density at radius 1 is 0.800 bits per heavy atom. The van der Waals surface area contributed by atoms with Gasteiger partial charge >= 0.3 is 0 Å². The lowest BCUT2D eigenvalue weighted by Crippen LogP contribution is -2.11. The number of rotatable bonds is 3. The van der Waals surface area contributed by atoms with Gasteiger partial charge in [-0.25, -0.2) is 0 Å². The molecule has 0 aliphatic carbocycles. The van der Waals surface area contributed by atoms with Crippen LogP contribution >= 0.6 is 0 Å². The Labute approximate surface area is 144 Å². The molecule has 4 nitrogen and oxygen atoms in total. The van der Waals surface area contributed by atoms with Crippen LogP contribution in [0.25, 0.3) is 27.5 Å². The van der Waals surface area contributed by atoms with Crippen molar-refractivity contribution >= 4 is 21.8 Å². The van der Waals surface area contributed by atoms with Gasteiger partial charge in [-0.2, -0.15) is 0 Å². The smallest absolute Gasteiger partial charge is 0.200 e. The summed E-state index contributed by atoms with van der Waals surface area (Å²) in [6.07, 6.45) is 0. The van der Waals surface area contributed by atoms with E-state index in [9.17, 15) is 4.79 Å². The first-order valence-corrected chi connectivity index (χ1v) is 7.99. The fourth-order valence-corrected chi connectivity index (χ4v) is 3.26. The molecular formula is C21H17NO3. The Bertz CT molecular complexity index is 1140. The molecule has 0 bridgehead atoms. The minimum Gasteiger partial charge on any atom is -0.497 e. The molecule has 0 radical (unpaired) electrons. The summed E-state index contributed by atoms with van der Waals surface area (Å²) in [5.41, 5.74) is 2.55. The number of hydrogen-bond acceptors (Lipinski definition) is 3. The van der Waals surface area contributed by atoms with Crippen molar-refractivity contribution < 1.29 is 9.47 Å². The Morgan fingerprint density at radius 2 is 1.56 bits per heavy atom. The SMILES string of the molecule is COc1cccc(-n2c3ccccc3c(=O)c3c(OC)cccc32)c1. The van der Waals surface area contributed by atoms with Crippen LogP contribution in [0.2, 0.25) is 0 Å². The Hall–Kier alpha value is -3.27. The summed E-state index contributed by atoms with van der Waals surface area (Å²) in [5.74, 6) is 1.33. The molecule has 25 heavy (non-hydrogen) atoms. The number of hydrogen-bond donors (Lipinski definition) is 0. The quantitative estimate of drug-likeness (QED) is 0.529. The molecule has 1 heterocycles. The summed E-state index contributed by atoms with van der Waals surface area (Å²) in [7, 11) is 3.23. The second kappa shape index (κ2) is 5.98. The summed E-state index contributed by atoms with van der Waals surface area (Å²) < 4.78 is 12.9. The van der Waals surface area contributed by atoms with Gasteiger partial charge in [0, 0.05) is 17.1 Å². The van der Waals surface area contributed by atoms with Gasteiger partial charge in [0.05, 0.1) is 30.6 Å². The van der Waals surface area contributed by atoms with Gasteiger partial charge in [0.15, 0.2) is 0 Å². The molecule has 0 amide bonds. The third-order valence-electron chi connectivity index (χ3n) is 4.39. The van der Waals surface area contributed by atoms with Gasteiger partial charge in [-0.15, -0.1) is 0 Å². The molecule has 4 aromatic rings. The van der Waals surface area contributed by atoms with Crippen LogP contribution in [0.4, 0.5) is 0 Å². The number of fused-ring (bicyclic) bond motifs is 2. The van der Waals surface area contributed by atoms with Gasteiger partial charge in [-0.1, -0.05) is 24.3 Å². The van der Waals surface area contributed by atoms with E-state index in [2.05, 4.69) is 4.57 Å². The molecule has 0 unspecified atom stereocenters. The van der Waals surface area contributed by atoms with E-state index in [-0.39, 0.29) is 5.43 Å². The summed E-state index contributed by atoms with van der Waals surface area (Å²) >= 11 is 0. The maximum absolute atomic E-state index is 13.1. The number of para-hydroxylation sites is 1. The highest BCUT2D eigenvalue weighted by atomic mass is 16.5. The Morgan fingerprint density at radius 3 is 2.36 bits per heavy atom. The van der Waals surface area contributed by atoms with Crippen molar-refractivity contribution in [3.8, 4) is 17.2 Å². The molecule has 0 spiro atoms. The number of nitrogens with zero attached hydrogens (tertiary/aromatic N) is 1. The van der Waals surface area contributed by atoms with Gasteiger partial charge in [-0.05, 0) is 36.4 Å². The molecule has 0 aliphatic rings. The first-order valence-electron chi connectivity index (χ1n) is 7.99. The monoisotopic (exact) mass is 331 g/mol. The lowest BCUT2D eigenvalue weighted by molar-refractivity contribution is 0.414. The maximum Gasteiger partial charge on any atom is 0.200 e. The van der Waals surface area contributed by atoms with E-state index in [1.54, 1.807) is 14.2 Å². The molecule has 4 rings (SSSR count). The van der Waals surface area contributed by atoms with Crippen LogP contribution in [0.15, 0.2) is 71.5 Å². The topological polar surface area (TPSA) is 40.5 Å². The van der Waals surface area contributed by atoms with Crippen molar-refractivity contribution in [3.63, 3.8) is 0 Å². The Balaban J connectivity index is 2.25. The van der Waals surface area contributed by atoms with Crippen molar-refractivity contribution in [1.82, 2.24) is 4.57 Å². The highest BCUT2D eigenvalue weighted by molar-refractivity contribution is 5.98. The molecule has 4 heteroatoms. The average Bonchev–Trinajstić information content (AvgIpc) is 2.68. The second-order valence-corrected chi connectivity index (χ2v) is 5.74. The molecule has 0 aliphatic heterocycles. The number of ether oxygens (including phenoxy) is 2. The molecule has 1 aromatic heterocycles. The van der Waals surface area contributed by atoms with E-state index in [0.29, 0.717) is 16.5 Å². The summed E-state index contributed by atoms with van der Waals surface area (Å²) in [6.45, 7) is 0. The first kappa shape index (κ1) is 15.3. The zero-order chi connectivity index (χ0) is 17.4. The van der Waals surface area contributed by atoms with Crippen molar-refractivity contribution in [1.29, 1.82) is 0 Å². The van der Waals surface area contributed by atoms with Crippen LogP contribution in [-0.2, 0) is 0 Å². The number of benzene rings is 3. The van der Waals surface area contributed by atoms with E-state index in [4.69, 9.17) is 9.47 Å². The zero-order valence-corrected chi connectivity index (χ0v) is 14.0. The average molecular weight is 331 g/mol. The number of aromatic nitrogens is 1. The molecule has 0 saturated heterocycles. The predicted octanol–water partition coefficient (Wildman–Crippen LogP) is 4.16. The van der Waals surface area contributed by atoms with E-state index in [1.807, 2.05) is 66.7 Å². The molecule has 0 saturated carbocycles. The number of methoxy groups -OCH3 is 2. The molecule has 0 atom stereocenters. The zero-order valence-electron chi connectivity index (χ0n) is 14.0. The van der Waals surface area contributed by atoms with Crippen LogP contribution in [0, 0.1) is 0 Å². The second-order valence-electron chi connectivity index (χ2n) is 5.74. The fourth-order valence-electron chi connectivity index (χ4n) is 3.26. The van der Waals surface area contributed by atoms with E-state index in [1.165, 1.54) is 0 Å². The lowest BCUT2D eigenvalue weighted by atomic mass is 10.1. The van der Waals surface area contributed by atoms with Gasteiger partial charge < -0.3 is 14.0 Å². The number of pyridine rings is 1. The summed E-state index contributed by atoms with van der Waals surface area (Å²) in [5, 5.41) is 1.23. The molecule has 0 fully saturated rings. The van der Waals surface area contributed by atoms with Crippen LogP contribution in [0.1, 0.15) is 0 Å². The van der Waals surface area contributed by atoms with Crippen LogP contribution in [0.3, 0.4) is 0 Å². The third kappa shape index (κ3) is 2.34. The van der Waals surface area contributed by atoms with Crippen molar-refractivity contribution in [2.75, 3.05) is 14.2 Å². The molecule has 124 valence electrons. The third-order valence-corrected chi connectivity index (χ3v) is 4.39. The van der Waals surface area contributed by atoms with Gasteiger partial charge in [-0.3, -0.25) is 4.79 Å². The largest absolute Gasteiger partial charge is 0.497 e. The maximum atomic E-state index is 13.1. The van der Waals surface area contributed by atoms with Crippen LogP contribution in [-0.4, -0.2) is 18.8 Å². The van der Waals surface area contributed by atoms with Crippen molar-refractivity contribution in [2.45, 2.75) is 0 Å². The van der Waals surface area contributed by atoms with E-state index in [0.717, 1.165) is 22.5 Å². The summed E-state index contributed by atoms with van der Waals surface area (Å²) in [6, 6.07) is 21.0. The fraction of sp³-hybridized carbons (Fsp3) is 0.0952. The highest BCUT2D eigenvalue weighted by Gasteiger charge is 2.15. The summed E-state index contributed by atoms with van der Waals surface area (Å²) in [4.78, 5) is 13.1.